The average molecular weight is 703 g/mol. The fraction of sp³-hybridized carbons (Fsp3) is 0.275. The van der Waals surface area contributed by atoms with E-state index in [4.69, 9.17) is 0 Å². The van der Waals surface area contributed by atoms with Crippen molar-refractivity contribution < 1.29 is 19.5 Å². The Morgan fingerprint density at radius 1 is 0.941 bits per heavy atom. The minimum absolute atomic E-state index is 0.0655. The minimum Gasteiger partial charge on any atom is -0.508 e. The summed E-state index contributed by atoms with van der Waals surface area (Å²) in [7, 11) is 0. The fourth-order valence-corrected chi connectivity index (χ4v) is 8.41. The van der Waals surface area contributed by atoms with Crippen LogP contribution in [-0.4, -0.2) is 86.4 Å². The van der Waals surface area contributed by atoms with Crippen molar-refractivity contribution in [3.05, 3.63) is 149 Å². The number of hydrogen-bond donors (Lipinski definition) is 3. The second-order valence-electron chi connectivity index (χ2n) is 13.2. The van der Waals surface area contributed by atoms with Gasteiger partial charge in [0.1, 0.15) is 18.0 Å². The number of aromatic hydroxyl groups is 1. The molecular formula is C40H42N6O4S. The van der Waals surface area contributed by atoms with Crippen molar-refractivity contribution >= 4 is 29.6 Å². The van der Waals surface area contributed by atoms with Crippen LogP contribution in [0.1, 0.15) is 16.7 Å². The molecule has 11 heteroatoms. The van der Waals surface area contributed by atoms with E-state index in [0.29, 0.717) is 13.1 Å². The van der Waals surface area contributed by atoms with Gasteiger partial charge in [-0.2, -0.15) is 0 Å². The first-order valence-electron chi connectivity index (χ1n) is 17.2. The molecule has 4 atom stereocenters. The molecule has 0 aromatic heterocycles. The lowest BCUT2D eigenvalue weighted by Gasteiger charge is -2.55. The molecule has 2 fully saturated rings. The van der Waals surface area contributed by atoms with Crippen molar-refractivity contribution in [2.75, 3.05) is 26.2 Å². The van der Waals surface area contributed by atoms with E-state index < -0.39 is 12.2 Å². The number of carbonyl (C=O) groups is 3. The number of rotatable bonds is 11. The number of thioether (sulfide) groups is 1. The van der Waals surface area contributed by atoms with Crippen LogP contribution in [0.25, 0.3) is 0 Å². The highest BCUT2D eigenvalue weighted by molar-refractivity contribution is 8.03. The number of phenols is 1. The molecule has 0 spiro atoms. The molecule has 0 bridgehead atoms. The Labute approximate surface area is 302 Å². The summed E-state index contributed by atoms with van der Waals surface area (Å²) in [5.41, 5.74) is 5.16. The molecule has 1 aliphatic carbocycles. The Bertz CT molecular complexity index is 1850. The van der Waals surface area contributed by atoms with Gasteiger partial charge in [0, 0.05) is 49.5 Å². The normalized spacial score (nSPS) is 22.9. The highest BCUT2D eigenvalue weighted by Gasteiger charge is 2.51. The van der Waals surface area contributed by atoms with Gasteiger partial charge in [0.2, 0.25) is 11.8 Å². The number of nitrogens with one attached hydrogen (secondary N) is 2. The zero-order valence-corrected chi connectivity index (χ0v) is 29.1. The number of benzene rings is 3. The maximum atomic E-state index is 14.5. The summed E-state index contributed by atoms with van der Waals surface area (Å²) in [4.78, 5) is 45.8. The quantitative estimate of drug-likeness (QED) is 0.247. The monoisotopic (exact) mass is 702 g/mol. The van der Waals surface area contributed by atoms with Crippen molar-refractivity contribution in [2.24, 2.45) is 5.92 Å². The summed E-state index contributed by atoms with van der Waals surface area (Å²) in [5.74, 6) is -0.146. The van der Waals surface area contributed by atoms with Gasteiger partial charge >= 0.3 is 6.03 Å². The SMILES string of the molecule is C=CCN1CC(=O)N2[C@@H](Cc3ccc(O)cc3)C(=O)N(CC3=CSC4C=C(NCc5ccccc5)C=CC34)C[C@@H]2N1C(=O)NCc1ccccc1. The fourth-order valence-electron chi connectivity index (χ4n) is 7.19. The van der Waals surface area contributed by atoms with Crippen LogP contribution in [0.3, 0.4) is 0 Å². The number of piperazine rings is 1. The number of hydrazine groups is 1. The Morgan fingerprint density at radius 2 is 1.65 bits per heavy atom. The number of carbonyl (C=O) groups excluding carboxylic acids is 3. The first-order chi connectivity index (χ1) is 24.9. The first kappa shape index (κ1) is 34.2. The zero-order chi connectivity index (χ0) is 35.3. The van der Waals surface area contributed by atoms with Crippen LogP contribution >= 0.6 is 11.8 Å². The number of nitrogens with zero attached hydrogens (tertiary/aromatic N) is 4. The predicted molar refractivity (Wildman–Crippen MR) is 199 cm³/mol. The van der Waals surface area contributed by atoms with E-state index in [1.54, 1.807) is 57.0 Å². The van der Waals surface area contributed by atoms with Gasteiger partial charge in [0.15, 0.2) is 0 Å². The van der Waals surface area contributed by atoms with Crippen LogP contribution in [0.2, 0.25) is 0 Å². The van der Waals surface area contributed by atoms with Crippen LogP contribution in [0.15, 0.2) is 132 Å². The number of amides is 4. The lowest BCUT2D eigenvalue weighted by Crippen LogP contribution is -2.76. The van der Waals surface area contributed by atoms with Gasteiger partial charge in [-0.15, -0.1) is 18.3 Å². The van der Waals surface area contributed by atoms with Gasteiger partial charge < -0.3 is 25.5 Å². The van der Waals surface area contributed by atoms with E-state index in [-0.39, 0.29) is 60.8 Å². The molecule has 51 heavy (non-hydrogen) atoms. The molecule has 4 aliphatic rings. The summed E-state index contributed by atoms with van der Waals surface area (Å²) >= 11 is 1.74. The number of phenolic OH excluding ortho intramolecular Hbond substituents is 1. The van der Waals surface area contributed by atoms with Gasteiger partial charge in [-0.1, -0.05) is 84.9 Å². The second-order valence-corrected chi connectivity index (χ2v) is 14.2. The molecule has 3 aromatic carbocycles. The lowest BCUT2D eigenvalue weighted by molar-refractivity contribution is -0.188. The topological polar surface area (TPSA) is 108 Å². The van der Waals surface area contributed by atoms with Crippen molar-refractivity contribution in [3.8, 4) is 5.75 Å². The van der Waals surface area contributed by atoms with Crippen LogP contribution in [-0.2, 0) is 29.1 Å². The second kappa shape index (κ2) is 15.3. The van der Waals surface area contributed by atoms with Gasteiger partial charge in [0.05, 0.1) is 13.1 Å². The summed E-state index contributed by atoms with van der Waals surface area (Å²) in [6.07, 6.45) is 7.76. The maximum Gasteiger partial charge on any atom is 0.334 e. The molecule has 3 heterocycles. The van der Waals surface area contributed by atoms with Crippen LogP contribution in [0.4, 0.5) is 4.79 Å². The molecule has 262 valence electrons. The van der Waals surface area contributed by atoms with E-state index in [1.807, 2.05) is 53.4 Å². The largest absolute Gasteiger partial charge is 0.508 e. The number of fused-ring (bicyclic) bond motifs is 2. The molecule has 2 saturated heterocycles. The van der Waals surface area contributed by atoms with Gasteiger partial charge in [-0.25, -0.2) is 14.8 Å². The summed E-state index contributed by atoms with van der Waals surface area (Å²) in [6.45, 7) is 5.69. The third-order valence-electron chi connectivity index (χ3n) is 9.73. The number of hydrogen-bond acceptors (Lipinski definition) is 7. The average Bonchev–Trinajstić information content (AvgIpc) is 3.55. The molecule has 3 aliphatic heterocycles. The van der Waals surface area contributed by atoms with Crippen LogP contribution in [0, 0.1) is 5.92 Å². The standard InChI is InChI=1S/C40H42N6O4S/c1-2-19-44-26-38(48)45-35(20-28-13-16-33(47)17-14-28)39(49)43(25-37(45)46(44)40(50)42-23-30-11-7-4-8-12-30)24-31-27-51-36-21-32(15-18-34(31)36)41-22-29-9-5-3-6-10-29/h2-18,21,27,34-37,41,47H,1,19-20,22-26H2,(H,42,50)/t34?,35-,36?,37-/m0/s1. The lowest BCUT2D eigenvalue weighted by atomic mass is 9.91. The zero-order valence-electron chi connectivity index (χ0n) is 28.3. The highest BCUT2D eigenvalue weighted by atomic mass is 32.2. The van der Waals surface area contributed by atoms with E-state index >= 15 is 0 Å². The number of urea groups is 1. The Hall–Kier alpha value is -5.26. The molecule has 10 nitrogen and oxygen atoms in total. The Morgan fingerprint density at radius 3 is 2.35 bits per heavy atom. The van der Waals surface area contributed by atoms with Gasteiger partial charge in [0.25, 0.3) is 0 Å². The van der Waals surface area contributed by atoms with Gasteiger partial charge in [-0.05, 0) is 52.0 Å². The summed E-state index contributed by atoms with van der Waals surface area (Å²) in [5, 5.41) is 22.2. The predicted octanol–water partition coefficient (Wildman–Crippen LogP) is 4.79. The molecule has 3 aromatic rings. The molecular weight excluding hydrogens is 661 g/mol. The number of allylic oxidation sites excluding steroid dienone is 2. The highest BCUT2D eigenvalue weighted by Crippen LogP contribution is 2.41. The maximum absolute atomic E-state index is 14.5. The first-order valence-corrected chi connectivity index (χ1v) is 18.2. The molecule has 3 N–H and O–H groups in total. The summed E-state index contributed by atoms with van der Waals surface area (Å²) < 4.78 is 0. The third-order valence-corrected chi connectivity index (χ3v) is 10.9. The minimum atomic E-state index is -0.836. The van der Waals surface area contributed by atoms with Crippen molar-refractivity contribution in [3.63, 3.8) is 0 Å². The van der Waals surface area contributed by atoms with E-state index in [2.05, 4.69) is 53.0 Å². The molecule has 0 saturated carbocycles. The van der Waals surface area contributed by atoms with Crippen LogP contribution in [0.5, 0.6) is 5.75 Å². The van der Waals surface area contributed by atoms with E-state index in [0.717, 1.165) is 28.9 Å². The van der Waals surface area contributed by atoms with Crippen LogP contribution < -0.4 is 10.6 Å². The third kappa shape index (κ3) is 7.59. The van der Waals surface area contributed by atoms with Crippen molar-refractivity contribution in [1.29, 1.82) is 0 Å². The smallest absolute Gasteiger partial charge is 0.334 e. The Kier molecular flexibility index (Phi) is 10.3. The molecule has 2 unspecified atom stereocenters. The Balaban J connectivity index is 1.13. The van der Waals surface area contributed by atoms with E-state index in [1.165, 1.54) is 5.56 Å². The molecule has 7 rings (SSSR count). The molecule has 0 radical (unpaired) electrons. The van der Waals surface area contributed by atoms with Gasteiger partial charge in [-0.3, -0.25) is 9.59 Å². The summed E-state index contributed by atoms with van der Waals surface area (Å²) in [6, 6.07) is 25.4. The van der Waals surface area contributed by atoms with E-state index in [9.17, 15) is 19.5 Å². The van der Waals surface area contributed by atoms with Crippen molar-refractivity contribution in [1.82, 2.24) is 30.5 Å². The van der Waals surface area contributed by atoms with Crippen molar-refractivity contribution in [2.45, 2.75) is 37.0 Å². The molecule has 4 amide bonds.